The molecule has 0 radical (unpaired) electrons. The molecule has 3 rings (SSSR count). The average Bonchev–Trinajstić information content (AvgIpc) is 2.62. The Morgan fingerprint density at radius 1 is 1.04 bits per heavy atom. The molecule has 0 atom stereocenters. The predicted octanol–water partition coefficient (Wildman–Crippen LogP) is 3.54. The van der Waals surface area contributed by atoms with E-state index in [-0.39, 0.29) is 5.91 Å². The second kappa shape index (κ2) is 7.42. The molecule has 1 N–H and O–H groups in total. The van der Waals surface area contributed by atoms with Crippen molar-refractivity contribution in [3.8, 4) is 5.75 Å². The number of amides is 1. The van der Waals surface area contributed by atoms with Crippen molar-refractivity contribution in [2.45, 2.75) is 6.42 Å². The third kappa shape index (κ3) is 3.98. The number of hydrogen-bond acceptors (Lipinski definition) is 3. The lowest BCUT2D eigenvalue weighted by atomic mass is 10.1. The van der Waals surface area contributed by atoms with Gasteiger partial charge in [0.1, 0.15) is 5.75 Å². The van der Waals surface area contributed by atoms with Gasteiger partial charge in [0, 0.05) is 0 Å². The summed E-state index contributed by atoms with van der Waals surface area (Å²) in [5.41, 5.74) is 4.41. The van der Waals surface area contributed by atoms with Gasteiger partial charge in [-0.15, -0.1) is 0 Å². The number of benzene rings is 3. The van der Waals surface area contributed by atoms with Crippen LogP contribution in [0, 0.1) is 0 Å². The number of hydrogen-bond donors (Lipinski definition) is 1. The van der Waals surface area contributed by atoms with Gasteiger partial charge in [0.2, 0.25) is 5.91 Å². The van der Waals surface area contributed by atoms with Crippen LogP contribution in [0.5, 0.6) is 5.75 Å². The molecule has 0 bridgehead atoms. The lowest BCUT2D eigenvalue weighted by Gasteiger charge is -2.03. The van der Waals surface area contributed by atoms with Gasteiger partial charge < -0.3 is 4.74 Å². The summed E-state index contributed by atoms with van der Waals surface area (Å²) in [6, 6.07) is 21.5. The Balaban J connectivity index is 1.58. The molecule has 24 heavy (non-hydrogen) atoms. The smallest absolute Gasteiger partial charge is 0.244 e. The maximum absolute atomic E-state index is 12.0. The van der Waals surface area contributed by atoms with E-state index in [1.165, 1.54) is 5.39 Å². The van der Waals surface area contributed by atoms with Crippen molar-refractivity contribution in [3.63, 3.8) is 0 Å². The van der Waals surface area contributed by atoms with E-state index in [9.17, 15) is 4.79 Å². The molecule has 0 spiro atoms. The molecule has 120 valence electrons. The zero-order valence-corrected chi connectivity index (χ0v) is 13.4. The topological polar surface area (TPSA) is 50.7 Å². The van der Waals surface area contributed by atoms with Gasteiger partial charge in [0.25, 0.3) is 0 Å². The van der Waals surface area contributed by atoms with E-state index >= 15 is 0 Å². The number of rotatable bonds is 5. The molecule has 0 aliphatic rings. The minimum Gasteiger partial charge on any atom is -0.497 e. The fourth-order valence-electron chi connectivity index (χ4n) is 2.44. The van der Waals surface area contributed by atoms with Crippen molar-refractivity contribution in [2.75, 3.05) is 7.11 Å². The van der Waals surface area contributed by atoms with Crippen LogP contribution in [0.15, 0.2) is 71.8 Å². The van der Waals surface area contributed by atoms with E-state index in [0.717, 1.165) is 22.3 Å². The highest BCUT2D eigenvalue weighted by atomic mass is 16.5. The zero-order chi connectivity index (χ0) is 16.8. The van der Waals surface area contributed by atoms with Crippen LogP contribution in [0.4, 0.5) is 0 Å². The molecule has 0 fully saturated rings. The number of carbonyl (C=O) groups excluding carboxylic acids is 1. The molecular weight excluding hydrogens is 300 g/mol. The van der Waals surface area contributed by atoms with Crippen LogP contribution < -0.4 is 10.2 Å². The Kier molecular flexibility index (Phi) is 4.87. The van der Waals surface area contributed by atoms with Crippen molar-refractivity contribution in [3.05, 3.63) is 77.9 Å². The lowest BCUT2D eigenvalue weighted by Crippen LogP contribution is -2.19. The summed E-state index contributed by atoms with van der Waals surface area (Å²) in [7, 11) is 1.62. The van der Waals surface area contributed by atoms with Crippen molar-refractivity contribution >= 4 is 22.9 Å². The normalized spacial score (nSPS) is 10.9. The largest absolute Gasteiger partial charge is 0.497 e. The molecule has 1 amide bonds. The summed E-state index contributed by atoms with van der Waals surface area (Å²) in [5, 5.41) is 6.29. The molecule has 4 heteroatoms. The first kappa shape index (κ1) is 15.7. The molecule has 0 unspecified atom stereocenters. The van der Waals surface area contributed by atoms with Crippen LogP contribution in [-0.2, 0) is 11.2 Å². The molecule has 0 aromatic heterocycles. The highest BCUT2D eigenvalue weighted by Gasteiger charge is 2.03. The fourth-order valence-corrected chi connectivity index (χ4v) is 2.44. The number of nitrogens with one attached hydrogen (secondary N) is 1. The van der Waals surface area contributed by atoms with E-state index in [2.05, 4.69) is 16.6 Å². The number of hydrazone groups is 1. The first-order valence-electron chi connectivity index (χ1n) is 7.68. The van der Waals surface area contributed by atoms with E-state index in [1.54, 1.807) is 13.3 Å². The molecule has 0 heterocycles. The second-order valence-electron chi connectivity index (χ2n) is 5.42. The Bertz CT molecular complexity index is 870. The fraction of sp³-hybridized carbons (Fsp3) is 0.100. The third-order valence-corrected chi connectivity index (χ3v) is 3.70. The Hall–Kier alpha value is -3.14. The highest BCUT2D eigenvalue weighted by Crippen LogP contribution is 2.16. The molecular formula is C20H18N2O2. The number of methoxy groups -OCH3 is 1. The number of carbonyl (C=O) groups is 1. The van der Waals surface area contributed by atoms with E-state index in [4.69, 9.17) is 4.74 Å². The number of ether oxygens (including phenoxy) is 1. The van der Waals surface area contributed by atoms with Gasteiger partial charge in [0.15, 0.2) is 0 Å². The monoisotopic (exact) mass is 318 g/mol. The summed E-state index contributed by atoms with van der Waals surface area (Å²) >= 11 is 0. The van der Waals surface area contributed by atoms with Gasteiger partial charge in [-0.2, -0.15) is 5.10 Å². The van der Waals surface area contributed by atoms with Gasteiger partial charge in [0.05, 0.1) is 19.7 Å². The minimum atomic E-state index is -0.143. The van der Waals surface area contributed by atoms with Crippen molar-refractivity contribution in [1.82, 2.24) is 5.43 Å². The van der Waals surface area contributed by atoms with Crippen LogP contribution in [0.2, 0.25) is 0 Å². The Labute approximate surface area is 140 Å². The summed E-state index contributed by atoms with van der Waals surface area (Å²) in [6.07, 6.45) is 1.91. The van der Waals surface area contributed by atoms with Crippen LogP contribution >= 0.6 is 0 Å². The summed E-state index contributed by atoms with van der Waals surface area (Å²) in [4.78, 5) is 12.0. The Morgan fingerprint density at radius 2 is 1.79 bits per heavy atom. The lowest BCUT2D eigenvalue weighted by molar-refractivity contribution is -0.120. The van der Waals surface area contributed by atoms with Crippen molar-refractivity contribution < 1.29 is 9.53 Å². The standard InChI is InChI=1S/C20H18N2O2/c1-24-19-10-7-15(8-11-19)14-21-22-20(23)13-16-6-9-17-4-2-3-5-18(17)12-16/h2-12,14H,13H2,1H3,(H,22,23)/b21-14-. The maximum Gasteiger partial charge on any atom is 0.244 e. The van der Waals surface area contributed by atoms with Crippen LogP contribution in [0.1, 0.15) is 11.1 Å². The van der Waals surface area contributed by atoms with Gasteiger partial charge in [-0.25, -0.2) is 5.43 Å². The molecule has 0 saturated carbocycles. The van der Waals surface area contributed by atoms with Gasteiger partial charge in [-0.1, -0.05) is 42.5 Å². The average molecular weight is 318 g/mol. The van der Waals surface area contributed by atoms with E-state index in [1.807, 2.05) is 60.7 Å². The SMILES string of the molecule is COc1ccc(/C=N\NC(=O)Cc2ccc3ccccc3c2)cc1. The van der Waals surface area contributed by atoms with Crippen molar-refractivity contribution in [2.24, 2.45) is 5.10 Å². The quantitative estimate of drug-likeness (QED) is 0.578. The maximum atomic E-state index is 12.0. The third-order valence-electron chi connectivity index (χ3n) is 3.70. The van der Waals surface area contributed by atoms with Crippen molar-refractivity contribution in [1.29, 1.82) is 0 Å². The Morgan fingerprint density at radius 3 is 2.54 bits per heavy atom. The molecule has 3 aromatic carbocycles. The minimum absolute atomic E-state index is 0.143. The first-order chi connectivity index (χ1) is 11.7. The molecule has 4 nitrogen and oxygen atoms in total. The summed E-state index contributed by atoms with van der Waals surface area (Å²) in [5.74, 6) is 0.641. The first-order valence-corrected chi connectivity index (χ1v) is 7.68. The number of nitrogens with zero attached hydrogens (tertiary/aromatic N) is 1. The van der Waals surface area contributed by atoms with Gasteiger partial charge >= 0.3 is 0 Å². The predicted molar refractivity (Wildman–Crippen MR) is 96.4 cm³/mol. The highest BCUT2D eigenvalue weighted by molar-refractivity contribution is 5.86. The number of fused-ring (bicyclic) bond motifs is 1. The van der Waals surface area contributed by atoms with Crippen LogP contribution in [0.25, 0.3) is 10.8 Å². The molecule has 3 aromatic rings. The molecule has 0 aliphatic heterocycles. The van der Waals surface area contributed by atoms with Gasteiger partial charge in [-0.3, -0.25) is 4.79 Å². The zero-order valence-electron chi connectivity index (χ0n) is 13.4. The van der Waals surface area contributed by atoms with Gasteiger partial charge in [-0.05, 0) is 46.2 Å². The van der Waals surface area contributed by atoms with E-state index in [0.29, 0.717) is 6.42 Å². The summed E-state index contributed by atoms with van der Waals surface area (Å²) < 4.78 is 5.09. The second-order valence-corrected chi connectivity index (χ2v) is 5.42. The van der Waals surface area contributed by atoms with Crippen LogP contribution in [0.3, 0.4) is 0 Å². The molecule has 0 aliphatic carbocycles. The van der Waals surface area contributed by atoms with Crippen LogP contribution in [-0.4, -0.2) is 19.2 Å². The molecule has 0 saturated heterocycles. The summed E-state index contributed by atoms with van der Waals surface area (Å²) in [6.45, 7) is 0. The van der Waals surface area contributed by atoms with E-state index < -0.39 is 0 Å².